The van der Waals surface area contributed by atoms with E-state index >= 15 is 0 Å². The van der Waals surface area contributed by atoms with Gasteiger partial charge in [0.05, 0.1) is 0 Å². The lowest BCUT2D eigenvalue weighted by Crippen LogP contribution is -2.19. The maximum absolute atomic E-state index is 12.5. The second-order valence-electron chi connectivity index (χ2n) is 5.53. The molecule has 0 amide bonds. The lowest BCUT2D eigenvalue weighted by atomic mass is 10.0. The molecule has 3 rings (SSSR count). The smallest absolute Gasteiger partial charge is 0.404 e. The third kappa shape index (κ3) is 3.52. The van der Waals surface area contributed by atoms with Crippen molar-refractivity contribution in [1.82, 2.24) is 0 Å². The molecule has 0 spiro atoms. The molecule has 0 bridgehead atoms. The van der Waals surface area contributed by atoms with Crippen molar-refractivity contribution < 1.29 is 14.0 Å². The fraction of sp³-hybridized carbons (Fsp3) is 0.0500. The lowest BCUT2D eigenvalue weighted by molar-refractivity contribution is -0.00669. The molecule has 2 aromatic carbocycles. The average molecular weight is 330 g/mol. The van der Waals surface area contributed by atoms with Crippen LogP contribution in [0.4, 0.5) is 0 Å². The number of carbonyl (C=O) groups is 1. The number of hydrogen-bond donors (Lipinski definition) is 0. The zero-order valence-electron chi connectivity index (χ0n) is 13.5. The van der Waals surface area contributed by atoms with E-state index in [1.807, 2.05) is 31.2 Å². The second kappa shape index (κ2) is 6.91. The minimum atomic E-state index is -0.535. The van der Waals surface area contributed by atoms with Crippen LogP contribution in [-0.2, 0) is 0 Å². The van der Waals surface area contributed by atoms with E-state index in [0.717, 1.165) is 11.6 Å². The van der Waals surface area contributed by atoms with Crippen LogP contribution in [0.25, 0.3) is 16.9 Å². The second-order valence-corrected chi connectivity index (χ2v) is 5.53. The predicted octanol–water partition coefficient (Wildman–Crippen LogP) is 3.52. The van der Waals surface area contributed by atoms with E-state index in [0.29, 0.717) is 16.9 Å². The summed E-state index contributed by atoms with van der Waals surface area (Å²) < 4.78 is 5.67. The molecule has 0 radical (unpaired) electrons. The van der Waals surface area contributed by atoms with Gasteiger partial charge >= 0.3 is 5.71 Å². The van der Waals surface area contributed by atoms with Crippen LogP contribution in [-0.4, -0.2) is 16.3 Å². The summed E-state index contributed by atoms with van der Waals surface area (Å²) in [7, 11) is 0. The van der Waals surface area contributed by atoms with Crippen molar-refractivity contribution in [2.45, 2.75) is 6.92 Å². The van der Waals surface area contributed by atoms with Gasteiger partial charge in [0.15, 0.2) is 5.43 Å². The Hall–Kier alpha value is -3.56. The van der Waals surface area contributed by atoms with Crippen LogP contribution < -0.4 is 5.43 Å². The van der Waals surface area contributed by atoms with E-state index in [4.69, 9.17) is 4.42 Å². The number of benzene rings is 2. The number of nitrogens with zero attached hydrogens (tertiary/aromatic N) is 2. The molecular formula is C20H14N2O3. The summed E-state index contributed by atoms with van der Waals surface area (Å²) in [6.45, 7) is 1.95. The van der Waals surface area contributed by atoms with Crippen molar-refractivity contribution in [3.05, 3.63) is 99.4 Å². The molecule has 5 nitrogen and oxygen atoms in total. The third-order valence-corrected chi connectivity index (χ3v) is 3.69. The van der Waals surface area contributed by atoms with Gasteiger partial charge in [-0.3, -0.25) is 9.59 Å². The lowest BCUT2D eigenvalue weighted by Gasteiger charge is -2.03. The van der Waals surface area contributed by atoms with Crippen LogP contribution in [0.15, 0.2) is 75.9 Å². The predicted molar refractivity (Wildman–Crippen MR) is 93.7 cm³/mol. The molecule has 122 valence electrons. The minimum Gasteiger partial charge on any atom is -0.448 e. The summed E-state index contributed by atoms with van der Waals surface area (Å²) in [5.41, 5.74) is 10.7. The Labute approximate surface area is 143 Å². The molecule has 25 heavy (non-hydrogen) atoms. The number of hydrogen-bond acceptors (Lipinski definition) is 3. The molecule has 1 aromatic heterocycles. The summed E-state index contributed by atoms with van der Waals surface area (Å²) in [5, 5.41) is 0. The Morgan fingerprint density at radius 3 is 2.32 bits per heavy atom. The zero-order valence-corrected chi connectivity index (χ0v) is 13.5. The normalized spacial score (nSPS) is 10.1. The number of aryl methyl sites for hydroxylation is 1. The molecule has 5 heteroatoms. The number of Topliss-reactive ketones (excluding diaryl/α,β-unsaturated/α-hetero) is 1. The van der Waals surface area contributed by atoms with Gasteiger partial charge in [-0.25, -0.2) is 0 Å². The van der Waals surface area contributed by atoms with E-state index in [1.165, 1.54) is 6.07 Å². The van der Waals surface area contributed by atoms with Gasteiger partial charge in [-0.15, -0.1) is 0 Å². The number of ketones is 1. The summed E-state index contributed by atoms with van der Waals surface area (Å²) in [6.07, 6.45) is 0. The van der Waals surface area contributed by atoms with Crippen molar-refractivity contribution in [2.75, 3.05) is 0 Å². The highest BCUT2D eigenvalue weighted by molar-refractivity contribution is 6.48. The van der Waals surface area contributed by atoms with Crippen molar-refractivity contribution in [3.8, 4) is 11.3 Å². The van der Waals surface area contributed by atoms with Crippen molar-refractivity contribution in [1.29, 1.82) is 0 Å². The van der Waals surface area contributed by atoms with Crippen molar-refractivity contribution in [3.63, 3.8) is 0 Å². The van der Waals surface area contributed by atoms with Gasteiger partial charge in [0.1, 0.15) is 5.76 Å². The Kier molecular flexibility index (Phi) is 4.50. The molecule has 0 aliphatic carbocycles. The van der Waals surface area contributed by atoms with Crippen LogP contribution in [0, 0.1) is 6.92 Å². The van der Waals surface area contributed by atoms with E-state index in [1.54, 1.807) is 30.3 Å². The van der Waals surface area contributed by atoms with Crippen LogP contribution in [0.1, 0.15) is 21.7 Å². The molecule has 1 heterocycles. The molecule has 0 aliphatic heterocycles. The topological polar surface area (TPSA) is 83.7 Å². The van der Waals surface area contributed by atoms with Gasteiger partial charge in [-0.05, 0) is 6.92 Å². The summed E-state index contributed by atoms with van der Waals surface area (Å²) in [4.78, 5) is 27.6. The van der Waals surface area contributed by atoms with Crippen molar-refractivity contribution >= 4 is 11.5 Å². The number of rotatable bonds is 4. The summed E-state index contributed by atoms with van der Waals surface area (Å²) >= 11 is 0. The molecule has 0 atom stereocenters. The van der Waals surface area contributed by atoms with Gasteiger partial charge in [-0.1, -0.05) is 60.2 Å². The van der Waals surface area contributed by atoms with Gasteiger partial charge in [0.25, 0.3) is 5.78 Å². The Bertz CT molecular complexity index is 1030. The molecule has 0 aliphatic rings. The standard InChI is InChI=1S/C20H14N2O3/c1-13-7-9-14(10-8-13)17-11-16(23)12-18(25-17)19(22-21)20(24)15-5-3-2-4-6-15/h2-12H,1H3. The monoisotopic (exact) mass is 330 g/mol. The first-order valence-corrected chi connectivity index (χ1v) is 7.63. The zero-order chi connectivity index (χ0) is 17.8. The minimum absolute atomic E-state index is 0.0839. The Balaban J connectivity index is 2.07. The highest BCUT2D eigenvalue weighted by Gasteiger charge is 2.27. The van der Waals surface area contributed by atoms with Gasteiger partial charge < -0.3 is 9.95 Å². The van der Waals surface area contributed by atoms with Gasteiger partial charge in [0.2, 0.25) is 5.76 Å². The van der Waals surface area contributed by atoms with E-state index in [-0.39, 0.29) is 16.9 Å². The molecule has 0 fully saturated rings. The van der Waals surface area contributed by atoms with E-state index < -0.39 is 5.78 Å². The van der Waals surface area contributed by atoms with Crippen LogP contribution in [0.3, 0.4) is 0 Å². The average Bonchev–Trinajstić information content (AvgIpc) is 2.63. The van der Waals surface area contributed by atoms with Crippen LogP contribution in [0.2, 0.25) is 0 Å². The molecule has 0 saturated heterocycles. The van der Waals surface area contributed by atoms with Gasteiger partial charge in [-0.2, -0.15) is 4.79 Å². The quantitative estimate of drug-likeness (QED) is 0.317. The molecule has 3 aromatic rings. The van der Waals surface area contributed by atoms with Gasteiger partial charge in [0, 0.05) is 23.3 Å². The van der Waals surface area contributed by atoms with Crippen LogP contribution >= 0.6 is 0 Å². The first-order valence-electron chi connectivity index (χ1n) is 7.63. The number of carbonyl (C=O) groups excluding carboxylic acids is 1. The summed E-state index contributed by atoms with van der Waals surface area (Å²) in [6, 6.07) is 18.2. The fourth-order valence-electron chi connectivity index (χ4n) is 2.39. The fourth-order valence-corrected chi connectivity index (χ4v) is 2.39. The molecule has 0 N–H and O–H groups in total. The maximum Gasteiger partial charge on any atom is 0.404 e. The highest BCUT2D eigenvalue weighted by Crippen LogP contribution is 2.20. The third-order valence-electron chi connectivity index (χ3n) is 3.69. The molecular weight excluding hydrogens is 316 g/mol. The Morgan fingerprint density at radius 2 is 1.68 bits per heavy atom. The maximum atomic E-state index is 12.5. The first-order chi connectivity index (χ1) is 12.1. The summed E-state index contributed by atoms with van der Waals surface area (Å²) in [5.74, 6) is -0.323. The Morgan fingerprint density at radius 1 is 1.00 bits per heavy atom. The van der Waals surface area contributed by atoms with Crippen molar-refractivity contribution in [2.24, 2.45) is 0 Å². The SMILES string of the molecule is Cc1ccc(-c2cc(=O)cc(C(=[N+]=[N-])C(=O)c3ccccc3)o2)cc1. The largest absolute Gasteiger partial charge is 0.448 e. The molecule has 0 saturated carbocycles. The first kappa shape index (κ1) is 16.3. The highest BCUT2D eigenvalue weighted by atomic mass is 16.3. The van der Waals surface area contributed by atoms with E-state index in [9.17, 15) is 15.1 Å². The molecule has 0 unspecified atom stereocenters. The van der Waals surface area contributed by atoms with Crippen LogP contribution in [0.5, 0.6) is 0 Å². The van der Waals surface area contributed by atoms with E-state index in [2.05, 4.69) is 4.79 Å².